The van der Waals surface area contributed by atoms with Crippen LogP contribution in [0.3, 0.4) is 0 Å². The highest BCUT2D eigenvalue weighted by Crippen LogP contribution is 2.25. The number of nitrogens with one attached hydrogen (secondary N) is 1. The Balaban J connectivity index is 1.38. The summed E-state index contributed by atoms with van der Waals surface area (Å²) in [4.78, 5) is 42.8. The van der Waals surface area contributed by atoms with Crippen LogP contribution >= 0.6 is 0 Å². The number of hydrogen-bond acceptors (Lipinski definition) is 4. The molecular formula is C27H33N3O4. The van der Waals surface area contributed by atoms with Gasteiger partial charge in [-0.1, -0.05) is 25.0 Å². The zero-order chi connectivity index (χ0) is 23.9. The lowest BCUT2D eigenvalue weighted by atomic mass is 9.94. The van der Waals surface area contributed by atoms with Gasteiger partial charge in [-0.05, 0) is 62.1 Å². The summed E-state index contributed by atoms with van der Waals surface area (Å²) in [5.41, 5.74) is 1.42. The van der Waals surface area contributed by atoms with Crippen LogP contribution in [0.15, 0.2) is 48.5 Å². The fraction of sp³-hybridized carbons (Fsp3) is 0.444. The second-order valence-electron chi connectivity index (χ2n) is 9.03. The van der Waals surface area contributed by atoms with Gasteiger partial charge >= 0.3 is 0 Å². The van der Waals surface area contributed by atoms with E-state index >= 15 is 0 Å². The molecule has 7 heteroatoms. The number of benzene rings is 2. The molecule has 1 N–H and O–H groups in total. The lowest BCUT2D eigenvalue weighted by Gasteiger charge is -2.34. The number of para-hydroxylation sites is 1. The molecule has 2 aromatic carbocycles. The van der Waals surface area contributed by atoms with E-state index in [9.17, 15) is 14.4 Å². The molecule has 7 nitrogen and oxygen atoms in total. The number of rotatable bonds is 5. The van der Waals surface area contributed by atoms with E-state index in [-0.39, 0.29) is 23.6 Å². The Morgan fingerprint density at radius 2 is 1.47 bits per heavy atom. The lowest BCUT2D eigenvalue weighted by molar-refractivity contribution is -0.136. The van der Waals surface area contributed by atoms with E-state index in [0.29, 0.717) is 48.5 Å². The van der Waals surface area contributed by atoms with Crippen LogP contribution in [0, 0.1) is 5.92 Å². The molecule has 0 bridgehead atoms. The highest BCUT2D eigenvalue weighted by Gasteiger charge is 2.31. The van der Waals surface area contributed by atoms with Crippen LogP contribution in [-0.4, -0.2) is 60.8 Å². The van der Waals surface area contributed by atoms with Crippen LogP contribution in [0.4, 0.5) is 5.69 Å². The van der Waals surface area contributed by atoms with Crippen LogP contribution in [0.1, 0.15) is 59.2 Å². The molecule has 0 radical (unpaired) electrons. The van der Waals surface area contributed by atoms with Crippen LogP contribution in [0.5, 0.6) is 5.75 Å². The molecule has 0 atom stereocenters. The van der Waals surface area contributed by atoms with Crippen molar-refractivity contribution < 1.29 is 19.1 Å². The maximum absolute atomic E-state index is 13.3. The molecule has 0 saturated carbocycles. The first kappa shape index (κ1) is 23.8. The van der Waals surface area contributed by atoms with Gasteiger partial charge in [0, 0.05) is 37.7 Å². The topological polar surface area (TPSA) is 79.0 Å². The number of carbonyl (C=O) groups is 3. The van der Waals surface area contributed by atoms with Crippen molar-refractivity contribution in [2.24, 2.45) is 5.92 Å². The smallest absolute Gasteiger partial charge is 0.255 e. The molecule has 2 heterocycles. The normalized spacial score (nSPS) is 17.1. The van der Waals surface area contributed by atoms with E-state index in [1.165, 1.54) is 12.8 Å². The van der Waals surface area contributed by atoms with Crippen LogP contribution in [-0.2, 0) is 4.79 Å². The average Bonchev–Trinajstić information content (AvgIpc) is 3.18. The van der Waals surface area contributed by atoms with Gasteiger partial charge in [0.25, 0.3) is 11.8 Å². The van der Waals surface area contributed by atoms with Crippen LogP contribution < -0.4 is 10.1 Å². The zero-order valence-electron chi connectivity index (χ0n) is 19.8. The van der Waals surface area contributed by atoms with E-state index in [1.807, 2.05) is 4.90 Å². The van der Waals surface area contributed by atoms with Gasteiger partial charge < -0.3 is 19.9 Å². The Morgan fingerprint density at radius 3 is 2.12 bits per heavy atom. The highest BCUT2D eigenvalue weighted by molar-refractivity contribution is 6.09. The minimum atomic E-state index is -0.287. The predicted molar refractivity (Wildman–Crippen MR) is 131 cm³/mol. The van der Waals surface area contributed by atoms with Crippen LogP contribution in [0.25, 0.3) is 0 Å². The molecule has 2 fully saturated rings. The number of anilines is 1. The third kappa shape index (κ3) is 5.58. The number of methoxy groups -OCH3 is 1. The number of likely N-dealkylation sites (tertiary alicyclic amines) is 2. The summed E-state index contributed by atoms with van der Waals surface area (Å²) in [6.07, 6.45) is 5.93. The van der Waals surface area contributed by atoms with E-state index in [1.54, 1.807) is 60.5 Å². The molecule has 3 amide bonds. The quantitative estimate of drug-likeness (QED) is 0.721. The summed E-state index contributed by atoms with van der Waals surface area (Å²) < 4.78 is 5.14. The van der Waals surface area contributed by atoms with Gasteiger partial charge in [0.05, 0.1) is 18.4 Å². The molecule has 0 aromatic heterocycles. The standard InChI is InChI=1S/C27H33N3O4/c1-34-22-12-10-20(11-13-22)25(31)28-24-9-5-4-8-23(24)27(33)30-18-14-21(15-19-30)26(32)29-16-6-2-3-7-17-29/h4-5,8-13,21H,2-3,6-7,14-19H2,1H3,(H,28,31). The second-order valence-corrected chi connectivity index (χ2v) is 9.03. The third-order valence-corrected chi connectivity index (χ3v) is 6.81. The van der Waals surface area contributed by atoms with E-state index < -0.39 is 0 Å². The number of amides is 3. The van der Waals surface area contributed by atoms with Crippen molar-refractivity contribution in [3.05, 3.63) is 59.7 Å². The summed E-state index contributed by atoms with van der Waals surface area (Å²) in [6.45, 7) is 2.81. The summed E-state index contributed by atoms with van der Waals surface area (Å²) in [7, 11) is 1.57. The molecule has 2 saturated heterocycles. The molecule has 2 aliphatic heterocycles. The van der Waals surface area contributed by atoms with Gasteiger partial charge in [0.15, 0.2) is 0 Å². The monoisotopic (exact) mass is 463 g/mol. The first-order valence-electron chi connectivity index (χ1n) is 12.2. The molecule has 2 aliphatic rings. The van der Waals surface area contributed by atoms with Gasteiger partial charge in [-0.25, -0.2) is 0 Å². The number of nitrogens with zero attached hydrogens (tertiary/aromatic N) is 2. The molecule has 2 aromatic rings. The molecular weight excluding hydrogens is 430 g/mol. The summed E-state index contributed by atoms with van der Waals surface area (Å²) in [5.74, 6) is 0.508. The molecule has 0 unspecified atom stereocenters. The molecule has 180 valence electrons. The minimum absolute atomic E-state index is 0.00725. The second kappa shape index (κ2) is 11.2. The highest BCUT2D eigenvalue weighted by atomic mass is 16.5. The molecule has 34 heavy (non-hydrogen) atoms. The first-order chi connectivity index (χ1) is 16.6. The zero-order valence-corrected chi connectivity index (χ0v) is 19.8. The molecule has 0 spiro atoms. The first-order valence-corrected chi connectivity index (χ1v) is 12.2. The molecule has 0 aliphatic carbocycles. The van der Waals surface area contributed by atoms with Crippen molar-refractivity contribution in [1.82, 2.24) is 9.80 Å². The van der Waals surface area contributed by atoms with Crippen LogP contribution in [0.2, 0.25) is 0 Å². The van der Waals surface area contributed by atoms with E-state index in [4.69, 9.17) is 4.74 Å². The Morgan fingerprint density at radius 1 is 0.824 bits per heavy atom. The Hall–Kier alpha value is -3.35. The minimum Gasteiger partial charge on any atom is -0.497 e. The van der Waals surface area contributed by atoms with Crippen molar-refractivity contribution in [1.29, 1.82) is 0 Å². The van der Waals surface area contributed by atoms with E-state index in [0.717, 1.165) is 25.9 Å². The van der Waals surface area contributed by atoms with Crippen molar-refractivity contribution in [2.45, 2.75) is 38.5 Å². The van der Waals surface area contributed by atoms with Crippen molar-refractivity contribution >= 4 is 23.4 Å². The van der Waals surface area contributed by atoms with Crippen molar-refractivity contribution in [3.63, 3.8) is 0 Å². The Bertz CT molecular complexity index is 1000. The largest absolute Gasteiger partial charge is 0.497 e. The van der Waals surface area contributed by atoms with Gasteiger partial charge in [-0.15, -0.1) is 0 Å². The maximum Gasteiger partial charge on any atom is 0.255 e. The lowest BCUT2D eigenvalue weighted by Crippen LogP contribution is -2.44. The van der Waals surface area contributed by atoms with Gasteiger partial charge in [0.2, 0.25) is 5.91 Å². The number of carbonyl (C=O) groups excluding carboxylic acids is 3. The predicted octanol–water partition coefficient (Wildman–Crippen LogP) is 4.20. The summed E-state index contributed by atoms with van der Waals surface area (Å²) in [6, 6.07) is 13.9. The number of ether oxygens (including phenoxy) is 1. The Kier molecular flexibility index (Phi) is 7.83. The van der Waals surface area contributed by atoms with Crippen molar-refractivity contribution in [3.8, 4) is 5.75 Å². The average molecular weight is 464 g/mol. The summed E-state index contributed by atoms with van der Waals surface area (Å²) in [5, 5.41) is 2.87. The van der Waals surface area contributed by atoms with Gasteiger partial charge in [-0.3, -0.25) is 14.4 Å². The van der Waals surface area contributed by atoms with E-state index in [2.05, 4.69) is 5.32 Å². The van der Waals surface area contributed by atoms with Gasteiger partial charge in [0.1, 0.15) is 5.75 Å². The Labute approximate surface area is 201 Å². The summed E-state index contributed by atoms with van der Waals surface area (Å²) >= 11 is 0. The maximum atomic E-state index is 13.3. The SMILES string of the molecule is COc1ccc(C(=O)Nc2ccccc2C(=O)N2CCC(C(=O)N3CCCCCC3)CC2)cc1. The fourth-order valence-corrected chi connectivity index (χ4v) is 4.76. The third-order valence-electron chi connectivity index (χ3n) is 6.81. The number of hydrogen-bond donors (Lipinski definition) is 1. The van der Waals surface area contributed by atoms with Gasteiger partial charge in [-0.2, -0.15) is 0 Å². The molecule has 4 rings (SSSR count). The van der Waals surface area contributed by atoms with Crippen molar-refractivity contribution in [2.75, 3.05) is 38.6 Å². The number of piperidine rings is 1. The fourth-order valence-electron chi connectivity index (χ4n) is 4.76.